The van der Waals surface area contributed by atoms with Crippen LogP contribution >= 0.6 is 0 Å². The molecule has 2 aromatic carbocycles. The molecule has 162 valence electrons. The van der Waals surface area contributed by atoms with Crippen molar-refractivity contribution in [2.45, 2.75) is 13.8 Å². The maximum atomic E-state index is 12.4. The van der Waals surface area contributed by atoms with E-state index >= 15 is 0 Å². The molecule has 0 saturated carbocycles. The molecule has 0 saturated heterocycles. The highest BCUT2D eigenvalue weighted by molar-refractivity contribution is 6.22. The molecule has 0 radical (unpaired) electrons. The van der Waals surface area contributed by atoms with Crippen molar-refractivity contribution in [2.75, 3.05) is 29.0 Å². The van der Waals surface area contributed by atoms with Gasteiger partial charge >= 0.3 is 0 Å². The molecule has 0 aliphatic carbocycles. The maximum Gasteiger partial charge on any atom is 0.262 e. The second kappa shape index (κ2) is 8.84. The lowest BCUT2D eigenvalue weighted by Crippen LogP contribution is -2.37. The van der Waals surface area contributed by atoms with E-state index in [0.717, 1.165) is 22.9 Å². The maximum absolute atomic E-state index is 12.4. The summed E-state index contributed by atoms with van der Waals surface area (Å²) < 4.78 is 0. The summed E-state index contributed by atoms with van der Waals surface area (Å²) in [6, 6.07) is 15.4. The highest BCUT2D eigenvalue weighted by atomic mass is 16.2. The fraction of sp³-hybridized carbons (Fsp3) is 0.174. The number of carbonyl (C=O) groups is 3. The van der Waals surface area contributed by atoms with Gasteiger partial charge in [0.1, 0.15) is 24.0 Å². The zero-order valence-corrected chi connectivity index (χ0v) is 17.7. The molecule has 1 aliphatic rings. The molecule has 9 nitrogen and oxygen atoms in total. The zero-order valence-electron chi connectivity index (χ0n) is 17.7. The number of aromatic nitrogens is 2. The van der Waals surface area contributed by atoms with Gasteiger partial charge in [0, 0.05) is 24.0 Å². The van der Waals surface area contributed by atoms with Gasteiger partial charge in [-0.1, -0.05) is 12.1 Å². The molecule has 0 unspecified atom stereocenters. The number of aryl methyl sites for hydroxylation is 1. The second-order valence-corrected chi connectivity index (χ2v) is 7.21. The molecule has 3 amide bonds. The number of benzene rings is 2. The number of carbonyl (C=O) groups excluding carboxylic acids is 3. The Hall–Kier alpha value is -4.27. The van der Waals surface area contributed by atoms with Crippen molar-refractivity contribution in [2.24, 2.45) is 0 Å². The van der Waals surface area contributed by atoms with Gasteiger partial charge < -0.3 is 16.0 Å². The van der Waals surface area contributed by atoms with Crippen molar-refractivity contribution in [1.29, 1.82) is 0 Å². The SMILES string of the molecule is CCNc1cc(Nc2ccc(NC(=O)CN3C(=O)c4ccccc4C3=O)cc2)nc(C)n1. The first-order valence-electron chi connectivity index (χ1n) is 10.2. The number of hydrogen-bond donors (Lipinski definition) is 3. The third-order valence-electron chi connectivity index (χ3n) is 4.82. The lowest BCUT2D eigenvalue weighted by Gasteiger charge is -2.14. The van der Waals surface area contributed by atoms with Crippen molar-refractivity contribution in [3.8, 4) is 0 Å². The molecule has 1 aliphatic heterocycles. The predicted octanol–water partition coefficient (Wildman–Crippen LogP) is 3.20. The van der Waals surface area contributed by atoms with Crippen molar-refractivity contribution in [3.05, 3.63) is 71.5 Å². The van der Waals surface area contributed by atoms with E-state index in [2.05, 4.69) is 25.9 Å². The summed E-state index contributed by atoms with van der Waals surface area (Å²) in [6.45, 7) is 4.22. The van der Waals surface area contributed by atoms with Crippen LogP contribution < -0.4 is 16.0 Å². The number of imide groups is 1. The first-order chi connectivity index (χ1) is 15.4. The van der Waals surface area contributed by atoms with Crippen LogP contribution in [-0.2, 0) is 4.79 Å². The first kappa shape index (κ1) is 21.0. The van der Waals surface area contributed by atoms with Gasteiger partial charge in [0.25, 0.3) is 11.8 Å². The molecule has 3 N–H and O–H groups in total. The van der Waals surface area contributed by atoms with Crippen molar-refractivity contribution >= 4 is 40.7 Å². The van der Waals surface area contributed by atoms with Crippen LogP contribution in [0.1, 0.15) is 33.5 Å². The fourth-order valence-corrected chi connectivity index (χ4v) is 3.42. The fourth-order valence-electron chi connectivity index (χ4n) is 3.42. The Labute approximate surface area is 184 Å². The number of nitrogens with zero attached hydrogens (tertiary/aromatic N) is 3. The largest absolute Gasteiger partial charge is 0.370 e. The average molecular weight is 430 g/mol. The molecule has 0 spiro atoms. The monoisotopic (exact) mass is 430 g/mol. The minimum Gasteiger partial charge on any atom is -0.370 e. The van der Waals surface area contributed by atoms with Crippen LogP contribution in [0, 0.1) is 6.92 Å². The molecule has 3 aromatic rings. The van der Waals surface area contributed by atoms with Gasteiger partial charge in [-0.25, -0.2) is 9.97 Å². The van der Waals surface area contributed by atoms with E-state index in [0.29, 0.717) is 28.5 Å². The summed E-state index contributed by atoms with van der Waals surface area (Å²) in [6.07, 6.45) is 0. The number of amides is 3. The molecule has 4 rings (SSSR count). The second-order valence-electron chi connectivity index (χ2n) is 7.21. The zero-order chi connectivity index (χ0) is 22.7. The van der Waals surface area contributed by atoms with E-state index < -0.39 is 17.7 Å². The lowest BCUT2D eigenvalue weighted by molar-refractivity contribution is -0.116. The highest BCUT2D eigenvalue weighted by Gasteiger charge is 2.36. The van der Waals surface area contributed by atoms with Crippen LogP contribution in [0.3, 0.4) is 0 Å². The summed E-state index contributed by atoms with van der Waals surface area (Å²) in [7, 11) is 0. The Balaban J connectivity index is 1.38. The van der Waals surface area contributed by atoms with E-state index in [1.54, 1.807) is 48.5 Å². The van der Waals surface area contributed by atoms with Crippen LogP contribution in [0.25, 0.3) is 0 Å². The summed E-state index contributed by atoms with van der Waals surface area (Å²) >= 11 is 0. The van der Waals surface area contributed by atoms with Crippen LogP contribution in [0.2, 0.25) is 0 Å². The van der Waals surface area contributed by atoms with Gasteiger partial charge in [-0.2, -0.15) is 0 Å². The van der Waals surface area contributed by atoms with Crippen LogP contribution in [0.5, 0.6) is 0 Å². The van der Waals surface area contributed by atoms with Gasteiger partial charge in [-0.15, -0.1) is 0 Å². The summed E-state index contributed by atoms with van der Waals surface area (Å²) in [5.41, 5.74) is 1.96. The Kier molecular flexibility index (Phi) is 5.80. The van der Waals surface area contributed by atoms with Crippen molar-refractivity contribution in [3.63, 3.8) is 0 Å². The molecular weight excluding hydrogens is 408 g/mol. The van der Waals surface area contributed by atoms with Gasteiger partial charge in [0.2, 0.25) is 5.91 Å². The minimum absolute atomic E-state index is 0.318. The molecule has 1 aromatic heterocycles. The lowest BCUT2D eigenvalue weighted by atomic mass is 10.1. The topological polar surface area (TPSA) is 116 Å². The van der Waals surface area contributed by atoms with Gasteiger partial charge in [0.15, 0.2) is 0 Å². The Morgan fingerprint density at radius 3 is 2.12 bits per heavy atom. The number of hydrogen-bond acceptors (Lipinski definition) is 7. The first-order valence-corrected chi connectivity index (χ1v) is 10.2. The molecule has 2 heterocycles. The molecule has 0 bridgehead atoms. The normalized spacial score (nSPS) is 12.5. The molecular formula is C23H22N6O3. The van der Waals surface area contributed by atoms with E-state index in [9.17, 15) is 14.4 Å². The summed E-state index contributed by atoms with van der Waals surface area (Å²) in [5.74, 6) is 0.648. The van der Waals surface area contributed by atoms with E-state index in [4.69, 9.17) is 0 Å². The molecule has 9 heteroatoms. The molecule has 0 fully saturated rings. The third kappa shape index (κ3) is 4.41. The molecule has 32 heavy (non-hydrogen) atoms. The van der Waals surface area contributed by atoms with Gasteiger partial charge in [0.05, 0.1) is 11.1 Å². The highest BCUT2D eigenvalue weighted by Crippen LogP contribution is 2.23. The summed E-state index contributed by atoms with van der Waals surface area (Å²) in [4.78, 5) is 46.9. The predicted molar refractivity (Wildman–Crippen MR) is 121 cm³/mol. The van der Waals surface area contributed by atoms with E-state index in [-0.39, 0.29) is 6.54 Å². The van der Waals surface area contributed by atoms with Crippen LogP contribution in [0.15, 0.2) is 54.6 Å². The average Bonchev–Trinajstić information content (AvgIpc) is 3.00. The molecule has 0 atom stereocenters. The number of anilines is 4. The van der Waals surface area contributed by atoms with Gasteiger partial charge in [-0.3, -0.25) is 19.3 Å². The van der Waals surface area contributed by atoms with E-state index in [1.807, 2.05) is 19.9 Å². The number of fused-ring (bicyclic) bond motifs is 1. The number of rotatable bonds is 7. The van der Waals surface area contributed by atoms with Crippen molar-refractivity contribution in [1.82, 2.24) is 14.9 Å². The standard InChI is InChI=1S/C23H22N6O3/c1-3-24-19-12-20(26-14(2)25-19)27-15-8-10-16(11-9-15)28-21(30)13-29-22(31)17-6-4-5-7-18(17)23(29)32/h4-12H,3,13H2,1-2H3,(H,28,30)(H2,24,25,26,27). The Morgan fingerprint density at radius 1 is 0.906 bits per heavy atom. The van der Waals surface area contributed by atoms with Crippen LogP contribution in [0.4, 0.5) is 23.0 Å². The minimum atomic E-state index is -0.461. The quantitative estimate of drug-likeness (QED) is 0.493. The number of nitrogens with one attached hydrogen (secondary N) is 3. The van der Waals surface area contributed by atoms with Crippen LogP contribution in [-0.4, -0.2) is 45.7 Å². The Morgan fingerprint density at radius 2 is 1.50 bits per heavy atom. The van der Waals surface area contributed by atoms with Crippen molar-refractivity contribution < 1.29 is 14.4 Å². The van der Waals surface area contributed by atoms with Gasteiger partial charge in [-0.05, 0) is 50.2 Å². The summed E-state index contributed by atoms with van der Waals surface area (Å²) in [5, 5.41) is 9.07. The van der Waals surface area contributed by atoms with E-state index in [1.165, 1.54) is 0 Å². The Bertz CT molecular complexity index is 1160. The third-order valence-corrected chi connectivity index (χ3v) is 4.82. The smallest absolute Gasteiger partial charge is 0.262 e.